The van der Waals surface area contributed by atoms with Crippen LogP contribution in [0.25, 0.3) is 0 Å². The molecule has 0 saturated heterocycles. The van der Waals surface area contributed by atoms with Crippen molar-refractivity contribution in [2.24, 2.45) is 0 Å². The average Bonchev–Trinajstić information content (AvgIpc) is 3.24. The zero-order valence-corrected chi connectivity index (χ0v) is 17.0. The van der Waals surface area contributed by atoms with Gasteiger partial charge in [0.2, 0.25) is 5.91 Å². The molecule has 0 aliphatic carbocycles. The number of amides is 1. The highest BCUT2D eigenvalue weighted by Crippen LogP contribution is 2.22. The van der Waals surface area contributed by atoms with Gasteiger partial charge in [0.25, 0.3) is 0 Å². The molecular formula is C20H25N5OS. The van der Waals surface area contributed by atoms with E-state index in [1.54, 1.807) is 17.5 Å². The van der Waals surface area contributed by atoms with Crippen LogP contribution in [0.5, 0.6) is 0 Å². The van der Waals surface area contributed by atoms with Gasteiger partial charge in [-0.1, -0.05) is 6.07 Å². The van der Waals surface area contributed by atoms with Crippen molar-refractivity contribution in [2.45, 2.75) is 52.6 Å². The highest BCUT2D eigenvalue weighted by Gasteiger charge is 2.21. The fraction of sp³-hybridized carbons (Fsp3) is 0.400. The van der Waals surface area contributed by atoms with E-state index in [0.717, 1.165) is 29.3 Å². The quantitative estimate of drug-likeness (QED) is 0.675. The van der Waals surface area contributed by atoms with Gasteiger partial charge in [0.1, 0.15) is 11.6 Å². The van der Waals surface area contributed by atoms with Crippen LogP contribution in [0.15, 0.2) is 35.2 Å². The van der Waals surface area contributed by atoms with Gasteiger partial charge in [-0.25, -0.2) is 9.67 Å². The molecule has 3 heterocycles. The normalized spacial score (nSPS) is 13.3. The standard InChI is InChI=1S/C20H25N5OS/c1-13-6-5-8-21-20(13)18(11-17-7-9-27-12-17)23-19(26)10-14(2)25-16(4)22-15(3)24-25/h5-9,12,14,18H,10-11H2,1-4H3,(H,23,26)/t14-,18+/m0/s1. The number of thiophene rings is 1. The Morgan fingerprint density at radius 3 is 2.74 bits per heavy atom. The summed E-state index contributed by atoms with van der Waals surface area (Å²) in [4.78, 5) is 21.6. The Morgan fingerprint density at radius 2 is 2.11 bits per heavy atom. The lowest BCUT2D eigenvalue weighted by atomic mass is 10.0. The van der Waals surface area contributed by atoms with Gasteiger partial charge in [0.05, 0.1) is 17.8 Å². The number of pyridine rings is 1. The predicted octanol–water partition coefficient (Wildman–Crippen LogP) is 3.71. The Kier molecular flexibility index (Phi) is 6.01. The first kappa shape index (κ1) is 19.2. The molecule has 1 N–H and O–H groups in total. The lowest BCUT2D eigenvalue weighted by molar-refractivity contribution is -0.122. The van der Waals surface area contributed by atoms with Crippen LogP contribution in [-0.4, -0.2) is 25.7 Å². The van der Waals surface area contributed by atoms with Gasteiger partial charge in [0.15, 0.2) is 0 Å². The van der Waals surface area contributed by atoms with Crippen molar-refractivity contribution in [1.29, 1.82) is 0 Å². The molecular weight excluding hydrogens is 358 g/mol. The van der Waals surface area contributed by atoms with Crippen LogP contribution in [0.3, 0.4) is 0 Å². The maximum Gasteiger partial charge on any atom is 0.222 e. The fourth-order valence-corrected chi connectivity index (χ4v) is 3.97. The number of carbonyl (C=O) groups is 1. The van der Waals surface area contributed by atoms with Gasteiger partial charge in [0, 0.05) is 12.6 Å². The molecule has 1 amide bonds. The van der Waals surface area contributed by atoms with Crippen molar-refractivity contribution >= 4 is 17.2 Å². The number of rotatable bonds is 7. The van der Waals surface area contributed by atoms with E-state index in [2.05, 4.69) is 37.2 Å². The van der Waals surface area contributed by atoms with Crippen LogP contribution in [-0.2, 0) is 11.2 Å². The second kappa shape index (κ2) is 8.43. The third kappa shape index (κ3) is 4.80. The number of aryl methyl sites for hydroxylation is 3. The third-order valence-corrected chi connectivity index (χ3v) is 5.27. The molecule has 142 valence electrons. The molecule has 3 aromatic heterocycles. The first-order valence-corrected chi connectivity index (χ1v) is 10.00. The number of aromatic nitrogens is 4. The lowest BCUT2D eigenvalue weighted by Crippen LogP contribution is -2.32. The summed E-state index contributed by atoms with van der Waals surface area (Å²) in [5.74, 6) is 1.53. The van der Waals surface area contributed by atoms with Crippen molar-refractivity contribution in [2.75, 3.05) is 0 Å². The molecule has 0 unspecified atom stereocenters. The van der Waals surface area contributed by atoms with Gasteiger partial charge in [-0.2, -0.15) is 16.4 Å². The van der Waals surface area contributed by atoms with Gasteiger partial charge in [-0.05, 0) is 68.1 Å². The third-order valence-electron chi connectivity index (χ3n) is 4.54. The van der Waals surface area contributed by atoms with Crippen LogP contribution in [0.1, 0.15) is 53.9 Å². The summed E-state index contributed by atoms with van der Waals surface area (Å²) in [6.07, 6.45) is 2.85. The Balaban J connectivity index is 1.74. The van der Waals surface area contributed by atoms with Crippen molar-refractivity contribution in [3.8, 4) is 0 Å². The largest absolute Gasteiger partial charge is 0.347 e. The maximum absolute atomic E-state index is 12.8. The summed E-state index contributed by atoms with van der Waals surface area (Å²) < 4.78 is 1.81. The topological polar surface area (TPSA) is 72.7 Å². The van der Waals surface area contributed by atoms with Gasteiger partial charge in [-0.15, -0.1) is 0 Å². The van der Waals surface area contributed by atoms with E-state index in [1.807, 2.05) is 44.5 Å². The molecule has 2 atom stereocenters. The van der Waals surface area contributed by atoms with Gasteiger partial charge in [-0.3, -0.25) is 9.78 Å². The minimum atomic E-state index is -0.154. The second-order valence-electron chi connectivity index (χ2n) is 6.87. The molecule has 0 aromatic carbocycles. The molecule has 0 radical (unpaired) electrons. The van der Waals surface area contributed by atoms with Crippen LogP contribution in [0, 0.1) is 20.8 Å². The van der Waals surface area contributed by atoms with E-state index in [1.165, 1.54) is 5.56 Å². The first-order chi connectivity index (χ1) is 12.9. The summed E-state index contributed by atoms with van der Waals surface area (Å²) >= 11 is 1.66. The van der Waals surface area contributed by atoms with E-state index in [9.17, 15) is 4.79 Å². The Hall–Kier alpha value is -2.54. The molecule has 0 aliphatic rings. The van der Waals surface area contributed by atoms with Gasteiger partial charge >= 0.3 is 0 Å². The minimum Gasteiger partial charge on any atom is -0.347 e. The molecule has 0 spiro atoms. The Labute approximate surface area is 163 Å². The van der Waals surface area contributed by atoms with Crippen molar-refractivity contribution in [3.63, 3.8) is 0 Å². The molecule has 0 aliphatic heterocycles. The maximum atomic E-state index is 12.8. The van der Waals surface area contributed by atoms with E-state index in [-0.39, 0.29) is 18.0 Å². The van der Waals surface area contributed by atoms with Crippen molar-refractivity contribution < 1.29 is 4.79 Å². The van der Waals surface area contributed by atoms with Crippen LogP contribution in [0.4, 0.5) is 0 Å². The van der Waals surface area contributed by atoms with Gasteiger partial charge < -0.3 is 5.32 Å². The molecule has 0 bridgehead atoms. The molecule has 0 fully saturated rings. The summed E-state index contributed by atoms with van der Waals surface area (Å²) in [6, 6.07) is 5.82. The summed E-state index contributed by atoms with van der Waals surface area (Å²) in [5, 5.41) is 11.7. The molecule has 7 heteroatoms. The van der Waals surface area contributed by atoms with E-state index in [4.69, 9.17) is 0 Å². The van der Waals surface area contributed by atoms with Crippen molar-refractivity contribution in [3.05, 3.63) is 63.6 Å². The summed E-state index contributed by atoms with van der Waals surface area (Å²) in [6.45, 7) is 7.78. The minimum absolute atomic E-state index is 0.0136. The second-order valence-corrected chi connectivity index (χ2v) is 7.65. The predicted molar refractivity (Wildman–Crippen MR) is 107 cm³/mol. The summed E-state index contributed by atoms with van der Waals surface area (Å²) in [7, 11) is 0. The van der Waals surface area contributed by atoms with Crippen LogP contribution < -0.4 is 5.32 Å². The molecule has 27 heavy (non-hydrogen) atoms. The molecule has 6 nitrogen and oxygen atoms in total. The molecule has 0 saturated carbocycles. The monoisotopic (exact) mass is 383 g/mol. The first-order valence-electron chi connectivity index (χ1n) is 9.05. The Morgan fingerprint density at radius 1 is 1.30 bits per heavy atom. The zero-order chi connectivity index (χ0) is 19.4. The zero-order valence-electron chi connectivity index (χ0n) is 16.1. The SMILES string of the molecule is Cc1nc(C)n([C@@H](C)CC(=O)N[C@H](Cc2ccsc2)c2ncccc2C)n1. The molecule has 3 aromatic rings. The average molecular weight is 384 g/mol. The van der Waals surface area contributed by atoms with E-state index < -0.39 is 0 Å². The van der Waals surface area contributed by atoms with Crippen LogP contribution >= 0.6 is 11.3 Å². The Bertz CT molecular complexity index is 903. The summed E-state index contributed by atoms with van der Waals surface area (Å²) in [5.41, 5.74) is 3.19. The smallest absolute Gasteiger partial charge is 0.222 e. The van der Waals surface area contributed by atoms with E-state index in [0.29, 0.717) is 6.42 Å². The highest BCUT2D eigenvalue weighted by atomic mass is 32.1. The van der Waals surface area contributed by atoms with E-state index >= 15 is 0 Å². The number of carbonyl (C=O) groups excluding carboxylic acids is 1. The number of nitrogens with one attached hydrogen (secondary N) is 1. The fourth-order valence-electron chi connectivity index (χ4n) is 3.28. The molecule has 3 rings (SSSR count). The van der Waals surface area contributed by atoms with Crippen molar-refractivity contribution in [1.82, 2.24) is 25.1 Å². The highest BCUT2D eigenvalue weighted by molar-refractivity contribution is 7.07. The lowest BCUT2D eigenvalue weighted by Gasteiger charge is -2.21. The number of hydrogen-bond acceptors (Lipinski definition) is 5. The number of nitrogens with zero attached hydrogens (tertiary/aromatic N) is 4. The van der Waals surface area contributed by atoms with Crippen LogP contribution in [0.2, 0.25) is 0 Å². The number of hydrogen-bond donors (Lipinski definition) is 1.